The number of Topliss-reactive ketones (excluding diaryl/α,β-unsaturated/α-hetero) is 1. The molecule has 0 radical (unpaired) electrons. The number of ketones is 1. The van der Waals surface area contributed by atoms with E-state index >= 15 is 0 Å². The summed E-state index contributed by atoms with van der Waals surface area (Å²) in [5.74, 6) is 0.243. The van der Waals surface area contributed by atoms with E-state index < -0.39 is 0 Å². The van der Waals surface area contributed by atoms with Crippen LogP contribution in [0, 0.1) is 0 Å². The molecular weight excluding hydrogens is 236 g/mol. The summed E-state index contributed by atoms with van der Waals surface area (Å²) in [5, 5.41) is 0. The zero-order chi connectivity index (χ0) is 12.5. The zero-order valence-corrected chi connectivity index (χ0v) is 11.3. The molecule has 0 aliphatic rings. The average Bonchev–Trinajstić information content (AvgIpc) is 2.76. The molecule has 0 fully saturated rings. The number of carbonyl (C=O) groups excluding carboxylic acids is 1. The van der Waals surface area contributed by atoms with Crippen LogP contribution in [0.5, 0.6) is 0 Å². The summed E-state index contributed by atoms with van der Waals surface area (Å²) in [6.45, 7) is 3.76. The minimum absolute atomic E-state index is 0.243. The first-order valence-electron chi connectivity index (χ1n) is 5.92. The maximum Gasteiger partial charge on any atom is 0.140 e. The van der Waals surface area contributed by atoms with E-state index in [-0.39, 0.29) is 5.78 Å². The van der Waals surface area contributed by atoms with Crippen LogP contribution in [0.3, 0.4) is 0 Å². The lowest BCUT2D eigenvalue weighted by atomic mass is 10.2. The second kappa shape index (κ2) is 8.39. The fraction of sp³-hybridized carbons (Fsp3) is 0.615. The Labute approximate surface area is 107 Å². The molecule has 0 amide bonds. The Morgan fingerprint density at radius 3 is 2.65 bits per heavy atom. The molecule has 0 saturated carbocycles. The minimum Gasteiger partial charge on any atom is -0.382 e. The van der Waals surface area contributed by atoms with Gasteiger partial charge in [0, 0.05) is 29.7 Å². The predicted molar refractivity (Wildman–Crippen MR) is 69.7 cm³/mol. The number of methoxy groups -OCH3 is 1. The first-order valence-corrected chi connectivity index (χ1v) is 6.74. The van der Waals surface area contributed by atoms with Crippen molar-refractivity contribution in [1.29, 1.82) is 0 Å². The van der Waals surface area contributed by atoms with Crippen molar-refractivity contribution in [3.05, 3.63) is 21.9 Å². The molecule has 1 heterocycles. The Kier molecular flexibility index (Phi) is 7.08. The topological polar surface area (TPSA) is 35.5 Å². The van der Waals surface area contributed by atoms with Gasteiger partial charge in [0.25, 0.3) is 0 Å². The number of hydrogen-bond donors (Lipinski definition) is 0. The van der Waals surface area contributed by atoms with Crippen molar-refractivity contribution in [1.82, 2.24) is 0 Å². The van der Waals surface area contributed by atoms with Gasteiger partial charge in [0.15, 0.2) is 0 Å². The standard InChI is InChI=1S/C13H20O3S/c1-3-12-4-5-13(17-12)10-11(14)6-7-16-9-8-15-2/h4-5H,3,6-10H2,1-2H3. The Bertz CT molecular complexity index is 333. The van der Waals surface area contributed by atoms with E-state index in [1.807, 2.05) is 6.07 Å². The third kappa shape index (κ3) is 5.96. The molecule has 0 aliphatic carbocycles. The second-order valence-electron chi connectivity index (χ2n) is 3.79. The van der Waals surface area contributed by atoms with Crippen molar-refractivity contribution in [2.24, 2.45) is 0 Å². The van der Waals surface area contributed by atoms with Crippen LogP contribution >= 0.6 is 11.3 Å². The number of aryl methyl sites for hydroxylation is 1. The van der Waals surface area contributed by atoms with Crippen LogP contribution in [0.1, 0.15) is 23.1 Å². The number of thiophene rings is 1. The lowest BCUT2D eigenvalue weighted by Gasteiger charge is -2.02. The van der Waals surface area contributed by atoms with Gasteiger partial charge in [-0.05, 0) is 18.6 Å². The molecule has 1 aromatic rings. The summed E-state index contributed by atoms with van der Waals surface area (Å²) in [6.07, 6.45) is 2.07. The zero-order valence-electron chi connectivity index (χ0n) is 10.5. The Hall–Kier alpha value is -0.710. The van der Waals surface area contributed by atoms with Gasteiger partial charge in [-0.3, -0.25) is 4.79 Å². The first-order chi connectivity index (χ1) is 8.26. The van der Waals surface area contributed by atoms with Crippen molar-refractivity contribution in [3.8, 4) is 0 Å². The average molecular weight is 256 g/mol. The van der Waals surface area contributed by atoms with Crippen LogP contribution in [-0.2, 0) is 27.1 Å². The van der Waals surface area contributed by atoms with Crippen LogP contribution in [0.25, 0.3) is 0 Å². The number of carbonyl (C=O) groups is 1. The van der Waals surface area contributed by atoms with Crippen molar-refractivity contribution >= 4 is 17.1 Å². The molecule has 1 rings (SSSR count). The van der Waals surface area contributed by atoms with Crippen molar-refractivity contribution in [3.63, 3.8) is 0 Å². The summed E-state index contributed by atoms with van der Waals surface area (Å²) in [5.41, 5.74) is 0. The number of rotatable bonds is 9. The molecule has 0 aromatic carbocycles. The summed E-state index contributed by atoms with van der Waals surface area (Å²) >= 11 is 1.73. The largest absolute Gasteiger partial charge is 0.382 e. The van der Waals surface area contributed by atoms with E-state index in [4.69, 9.17) is 9.47 Å². The fourth-order valence-electron chi connectivity index (χ4n) is 1.42. The number of ether oxygens (including phenoxy) is 2. The monoisotopic (exact) mass is 256 g/mol. The summed E-state index contributed by atoms with van der Waals surface area (Å²) in [6, 6.07) is 4.15. The number of hydrogen-bond acceptors (Lipinski definition) is 4. The SMILES string of the molecule is CCc1ccc(CC(=O)CCOCCOC)s1. The summed E-state index contributed by atoms with van der Waals surface area (Å²) in [4.78, 5) is 14.1. The highest BCUT2D eigenvalue weighted by molar-refractivity contribution is 7.12. The molecule has 17 heavy (non-hydrogen) atoms. The van der Waals surface area contributed by atoms with E-state index in [0.29, 0.717) is 32.7 Å². The highest BCUT2D eigenvalue weighted by Crippen LogP contribution is 2.17. The third-order valence-corrected chi connectivity index (χ3v) is 3.62. The molecule has 0 N–H and O–H groups in total. The van der Waals surface area contributed by atoms with E-state index in [2.05, 4.69) is 13.0 Å². The van der Waals surface area contributed by atoms with Gasteiger partial charge in [-0.2, -0.15) is 0 Å². The van der Waals surface area contributed by atoms with Crippen LogP contribution in [0.2, 0.25) is 0 Å². The molecule has 0 atom stereocenters. The Balaban J connectivity index is 2.16. The summed E-state index contributed by atoms with van der Waals surface area (Å²) in [7, 11) is 1.64. The van der Waals surface area contributed by atoms with E-state index in [0.717, 1.165) is 11.3 Å². The van der Waals surface area contributed by atoms with Gasteiger partial charge >= 0.3 is 0 Å². The van der Waals surface area contributed by atoms with Gasteiger partial charge in [0.1, 0.15) is 5.78 Å². The Morgan fingerprint density at radius 1 is 1.24 bits per heavy atom. The predicted octanol–water partition coefficient (Wildman–Crippen LogP) is 2.48. The molecule has 3 nitrogen and oxygen atoms in total. The first kappa shape index (κ1) is 14.4. The van der Waals surface area contributed by atoms with Crippen molar-refractivity contribution in [2.45, 2.75) is 26.2 Å². The lowest BCUT2D eigenvalue weighted by molar-refractivity contribution is -0.119. The Morgan fingerprint density at radius 2 is 2.00 bits per heavy atom. The van der Waals surface area contributed by atoms with E-state index in [9.17, 15) is 4.79 Å². The van der Waals surface area contributed by atoms with Gasteiger partial charge in [-0.15, -0.1) is 11.3 Å². The van der Waals surface area contributed by atoms with Gasteiger partial charge in [-0.1, -0.05) is 6.92 Å². The summed E-state index contributed by atoms with van der Waals surface area (Å²) < 4.78 is 10.1. The van der Waals surface area contributed by atoms with E-state index in [1.54, 1.807) is 18.4 Å². The molecule has 0 bridgehead atoms. The highest BCUT2D eigenvalue weighted by Gasteiger charge is 2.06. The maximum atomic E-state index is 11.6. The third-order valence-electron chi connectivity index (χ3n) is 2.39. The van der Waals surface area contributed by atoms with Crippen molar-refractivity contribution < 1.29 is 14.3 Å². The van der Waals surface area contributed by atoms with Crippen LogP contribution in [0.15, 0.2) is 12.1 Å². The lowest BCUT2D eigenvalue weighted by Crippen LogP contribution is -2.09. The molecular formula is C13H20O3S. The minimum atomic E-state index is 0.243. The smallest absolute Gasteiger partial charge is 0.140 e. The molecule has 0 spiro atoms. The molecule has 1 aromatic heterocycles. The quantitative estimate of drug-likeness (QED) is 0.637. The van der Waals surface area contributed by atoms with Gasteiger partial charge in [0.2, 0.25) is 0 Å². The van der Waals surface area contributed by atoms with Gasteiger partial charge in [-0.25, -0.2) is 0 Å². The molecule has 4 heteroatoms. The van der Waals surface area contributed by atoms with Crippen molar-refractivity contribution in [2.75, 3.05) is 26.9 Å². The molecule has 0 aliphatic heterocycles. The van der Waals surface area contributed by atoms with Crippen LogP contribution < -0.4 is 0 Å². The van der Waals surface area contributed by atoms with Crippen LogP contribution in [0.4, 0.5) is 0 Å². The van der Waals surface area contributed by atoms with Gasteiger partial charge in [0.05, 0.1) is 19.8 Å². The van der Waals surface area contributed by atoms with E-state index in [1.165, 1.54) is 4.88 Å². The molecule has 96 valence electrons. The second-order valence-corrected chi connectivity index (χ2v) is 5.05. The maximum absolute atomic E-state index is 11.6. The van der Waals surface area contributed by atoms with Gasteiger partial charge < -0.3 is 9.47 Å². The van der Waals surface area contributed by atoms with Crippen LogP contribution in [-0.4, -0.2) is 32.7 Å². The molecule has 0 saturated heterocycles. The fourth-order valence-corrected chi connectivity index (χ4v) is 2.41. The normalized spacial score (nSPS) is 10.7. The molecule has 0 unspecified atom stereocenters. The highest BCUT2D eigenvalue weighted by atomic mass is 32.1.